The van der Waals surface area contributed by atoms with Gasteiger partial charge in [0.15, 0.2) is 0 Å². The van der Waals surface area contributed by atoms with E-state index in [-0.39, 0.29) is 0 Å². The minimum Gasteiger partial charge on any atom is -0.550 e. The van der Waals surface area contributed by atoms with E-state index in [1.54, 1.807) is 6.07 Å². The highest BCUT2D eigenvalue weighted by Crippen LogP contribution is 2.34. The van der Waals surface area contributed by atoms with Crippen LogP contribution in [0.15, 0.2) is 35.4 Å². The molecule has 0 unspecified atom stereocenters. The fraction of sp³-hybridized carbons (Fsp3) is 0.375. The smallest absolute Gasteiger partial charge is 0.228 e. The highest BCUT2D eigenvalue weighted by atomic mass is 19.1. The van der Waals surface area contributed by atoms with Crippen LogP contribution >= 0.6 is 0 Å². The van der Waals surface area contributed by atoms with E-state index in [1.807, 2.05) is 13.8 Å². The van der Waals surface area contributed by atoms with E-state index in [0.29, 0.717) is 18.5 Å². The second-order valence-corrected chi connectivity index (χ2v) is 5.50. The first-order valence-corrected chi connectivity index (χ1v) is 6.81. The summed E-state index contributed by atoms with van der Waals surface area (Å²) >= 11 is 0. The van der Waals surface area contributed by atoms with Crippen LogP contribution in [0.4, 0.5) is 10.1 Å². The van der Waals surface area contributed by atoms with E-state index in [9.17, 15) is 19.1 Å². The molecule has 0 fully saturated rings. The van der Waals surface area contributed by atoms with Crippen molar-refractivity contribution in [2.75, 3.05) is 5.32 Å². The molecule has 0 aliphatic heterocycles. The lowest BCUT2D eigenvalue weighted by Gasteiger charge is -2.32. The number of allylic oxidation sites excluding steroid dienone is 2. The maximum absolute atomic E-state index is 13.1. The standard InChI is InChI=1S/C16H18FNO3/c1-9-6-13(14(16(20)21)7-10(9)2)15(19)18-12-5-3-4-11(17)8-12/h3-5,8,13-14H,6-7H2,1-2H3,(H,18,19)(H,20,21)/p-1/t13-,14-/m1/s1. The Morgan fingerprint density at radius 2 is 1.81 bits per heavy atom. The number of benzene rings is 1. The number of carbonyl (C=O) groups excluding carboxylic acids is 2. The Balaban J connectivity index is 2.18. The minimum absolute atomic E-state index is 0.315. The summed E-state index contributed by atoms with van der Waals surface area (Å²) in [5.41, 5.74) is 2.33. The van der Waals surface area contributed by atoms with Crippen LogP contribution in [-0.4, -0.2) is 11.9 Å². The molecule has 5 heteroatoms. The zero-order valence-electron chi connectivity index (χ0n) is 12.0. The second kappa shape index (κ2) is 6.08. The Morgan fingerprint density at radius 1 is 1.19 bits per heavy atom. The molecule has 0 bridgehead atoms. The van der Waals surface area contributed by atoms with Crippen molar-refractivity contribution < 1.29 is 19.1 Å². The van der Waals surface area contributed by atoms with Gasteiger partial charge >= 0.3 is 0 Å². The van der Waals surface area contributed by atoms with Crippen molar-refractivity contribution in [1.82, 2.24) is 0 Å². The van der Waals surface area contributed by atoms with Gasteiger partial charge in [0.25, 0.3) is 0 Å². The maximum atomic E-state index is 13.1. The normalized spacial score (nSPS) is 22.0. The second-order valence-electron chi connectivity index (χ2n) is 5.50. The molecule has 1 aliphatic carbocycles. The number of hydrogen-bond donors (Lipinski definition) is 1. The van der Waals surface area contributed by atoms with E-state index in [0.717, 1.165) is 11.1 Å². The number of nitrogens with one attached hydrogen (secondary N) is 1. The van der Waals surface area contributed by atoms with E-state index < -0.39 is 29.5 Å². The SMILES string of the molecule is CC1=C(C)C[C@@H](C(=O)Nc2cccc(F)c2)[C@H](C(=O)[O-])C1. The predicted molar refractivity (Wildman–Crippen MR) is 74.6 cm³/mol. The summed E-state index contributed by atoms with van der Waals surface area (Å²) in [5.74, 6) is -3.63. The summed E-state index contributed by atoms with van der Waals surface area (Å²) in [7, 11) is 0. The van der Waals surface area contributed by atoms with E-state index in [2.05, 4.69) is 5.32 Å². The summed E-state index contributed by atoms with van der Waals surface area (Å²) in [6.45, 7) is 3.76. The number of amides is 1. The Bertz CT molecular complexity index is 609. The maximum Gasteiger partial charge on any atom is 0.228 e. The van der Waals surface area contributed by atoms with Crippen LogP contribution in [0.25, 0.3) is 0 Å². The molecule has 0 heterocycles. The lowest BCUT2D eigenvalue weighted by Crippen LogP contribution is -2.42. The van der Waals surface area contributed by atoms with Crippen molar-refractivity contribution in [2.45, 2.75) is 26.7 Å². The van der Waals surface area contributed by atoms with Crippen LogP contribution < -0.4 is 10.4 Å². The summed E-state index contributed by atoms with van der Waals surface area (Å²) in [6, 6.07) is 5.52. The Labute approximate surface area is 122 Å². The van der Waals surface area contributed by atoms with Gasteiger partial charge in [-0.3, -0.25) is 4.79 Å². The third-order valence-corrected chi connectivity index (χ3v) is 4.00. The summed E-state index contributed by atoms with van der Waals surface area (Å²) < 4.78 is 13.1. The lowest BCUT2D eigenvalue weighted by atomic mass is 9.76. The molecule has 1 N–H and O–H groups in total. The number of hydrogen-bond acceptors (Lipinski definition) is 3. The van der Waals surface area contributed by atoms with Crippen LogP contribution in [0.5, 0.6) is 0 Å². The van der Waals surface area contributed by atoms with Gasteiger partial charge in [-0.25, -0.2) is 4.39 Å². The monoisotopic (exact) mass is 290 g/mol. The molecular weight excluding hydrogens is 273 g/mol. The van der Waals surface area contributed by atoms with Crippen LogP contribution in [-0.2, 0) is 9.59 Å². The van der Waals surface area contributed by atoms with Crippen molar-refractivity contribution in [3.8, 4) is 0 Å². The zero-order chi connectivity index (χ0) is 15.6. The van der Waals surface area contributed by atoms with Gasteiger partial charge in [-0.1, -0.05) is 17.2 Å². The van der Waals surface area contributed by atoms with Crippen LogP contribution in [0.2, 0.25) is 0 Å². The average molecular weight is 290 g/mol. The average Bonchev–Trinajstić information content (AvgIpc) is 2.41. The Hall–Kier alpha value is -2.17. The van der Waals surface area contributed by atoms with Gasteiger partial charge < -0.3 is 15.2 Å². The fourth-order valence-electron chi connectivity index (χ4n) is 2.62. The number of carboxylic acids is 1. The van der Waals surface area contributed by atoms with Gasteiger partial charge in [-0.05, 0) is 44.9 Å². The first kappa shape index (κ1) is 15.2. The van der Waals surface area contributed by atoms with Gasteiger partial charge in [-0.2, -0.15) is 0 Å². The largest absolute Gasteiger partial charge is 0.550 e. The van der Waals surface area contributed by atoms with E-state index in [1.165, 1.54) is 18.2 Å². The van der Waals surface area contributed by atoms with Gasteiger partial charge in [0.2, 0.25) is 5.91 Å². The highest BCUT2D eigenvalue weighted by Gasteiger charge is 2.33. The first-order valence-electron chi connectivity index (χ1n) is 6.81. The van der Waals surface area contributed by atoms with Gasteiger partial charge in [0.1, 0.15) is 5.82 Å². The number of rotatable bonds is 3. The van der Waals surface area contributed by atoms with Crippen molar-refractivity contribution in [2.24, 2.45) is 11.8 Å². The quantitative estimate of drug-likeness (QED) is 0.864. The Kier molecular flexibility index (Phi) is 4.40. The third kappa shape index (κ3) is 3.48. The predicted octanol–water partition coefficient (Wildman–Crippen LogP) is 1.88. The summed E-state index contributed by atoms with van der Waals surface area (Å²) in [6.07, 6.45) is 0.695. The molecule has 0 saturated heterocycles. The van der Waals surface area contributed by atoms with E-state index >= 15 is 0 Å². The molecule has 0 aromatic heterocycles. The van der Waals surface area contributed by atoms with Gasteiger partial charge in [0.05, 0.1) is 5.92 Å². The first-order chi connectivity index (χ1) is 9.88. The van der Waals surface area contributed by atoms with Crippen LogP contribution in [0.1, 0.15) is 26.7 Å². The number of anilines is 1. The lowest BCUT2D eigenvalue weighted by molar-refractivity contribution is -0.313. The molecule has 4 nitrogen and oxygen atoms in total. The van der Waals surface area contributed by atoms with Crippen molar-refractivity contribution >= 4 is 17.6 Å². The molecule has 2 rings (SSSR count). The van der Waals surface area contributed by atoms with Crippen molar-refractivity contribution in [3.63, 3.8) is 0 Å². The molecule has 1 amide bonds. The number of aliphatic carboxylic acids is 1. The van der Waals surface area contributed by atoms with Crippen molar-refractivity contribution in [3.05, 3.63) is 41.2 Å². The van der Waals surface area contributed by atoms with Gasteiger partial charge in [-0.15, -0.1) is 0 Å². The molecule has 2 atom stereocenters. The van der Waals surface area contributed by atoms with Gasteiger partial charge in [0, 0.05) is 17.6 Å². The molecule has 1 aromatic carbocycles. The van der Waals surface area contributed by atoms with Crippen LogP contribution in [0.3, 0.4) is 0 Å². The molecule has 0 saturated carbocycles. The van der Waals surface area contributed by atoms with E-state index in [4.69, 9.17) is 0 Å². The summed E-state index contributed by atoms with van der Waals surface area (Å²) in [4.78, 5) is 23.6. The molecule has 0 radical (unpaired) electrons. The number of carboxylic acid groups (broad SMARTS) is 1. The molecular formula is C16H17FNO3-. The molecule has 21 heavy (non-hydrogen) atoms. The molecule has 112 valence electrons. The third-order valence-electron chi connectivity index (χ3n) is 4.00. The topological polar surface area (TPSA) is 69.2 Å². The Morgan fingerprint density at radius 3 is 2.38 bits per heavy atom. The molecule has 0 spiro atoms. The fourth-order valence-corrected chi connectivity index (χ4v) is 2.62. The minimum atomic E-state index is -1.22. The van der Waals surface area contributed by atoms with Crippen LogP contribution in [0, 0.1) is 17.7 Å². The number of carbonyl (C=O) groups is 2. The zero-order valence-corrected chi connectivity index (χ0v) is 12.0. The number of halogens is 1. The molecule has 1 aromatic rings. The summed E-state index contributed by atoms with van der Waals surface area (Å²) in [5, 5.41) is 13.8. The highest BCUT2D eigenvalue weighted by molar-refractivity contribution is 5.95. The molecule has 1 aliphatic rings. The van der Waals surface area contributed by atoms with Crippen molar-refractivity contribution in [1.29, 1.82) is 0 Å².